The second kappa shape index (κ2) is 6.16. The van der Waals surface area contributed by atoms with Gasteiger partial charge in [-0.05, 0) is 45.0 Å². The van der Waals surface area contributed by atoms with Crippen molar-refractivity contribution in [1.29, 1.82) is 0 Å². The minimum absolute atomic E-state index is 0.556. The lowest BCUT2D eigenvalue weighted by molar-refractivity contribution is 0.222. The molecule has 0 radical (unpaired) electrons. The van der Waals surface area contributed by atoms with Crippen LogP contribution in [0.25, 0.3) is 0 Å². The molecule has 0 saturated carbocycles. The quantitative estimate of drug-likeness (QED) is 0.873. The number of hydrogen-bond acceptors (Lipinski definition) is 4. The molecular weight excluding hydrogens is 224 g/mol. The van der Waals surface area contributed by atoms with Gasteiger partial charge in [-0.25, -0.2) is 0 Å². The fourth-order valence-electron chi connectivity index (χ4n) is 2.68. The van der Waals surface area contributed by atoms with Gasteiger partial charge in [-0.1, -0.05) is 0 Å². The van der Waals surface area contributed by atoms with Gasteiger partial charge in [0.25, 0.3) is 0 Å². The molecular formula is C14H24N4. The molecule has 1 saturated heterocycles. The minimum atomic E-state index is 0.556. The molecule has 1 aromatic heterocycles. The van der Waals surface area contributed by atoms with E-state index in [9.17, 15) is 0 Å². The van der Waals surface area contributed by atoms with Crippen LogP contribution >= 0.6 is 0 Å². The predicted molar refractivity (Wildman–Crippen MR) is 75.6 cm³/mol. The van der Waals surface area contributed by atoms with Crippen molar-refractivity contribution in [3.8, 4) is 0 Å². The van der Waals surface area contributed by atoms with Gasteiger partial charge in [-0.2, -0.15) is 0 Å². The standard InChI is InChI=1S/C14H24N4/c1-17-7-4-12(5-8-17)11-18(2)14-3-6-16-10-13(14)9-15/h3,6,10,12H,4-5,7-9,11,15H2,1-2H3. The molecule has 0 bridgehead atoms. The molecule has 0 unspecified atom stereocenters. The van der Waals surface area contributed by atoms with Gasteiger partial charge in [0.2, 0.25) is 0 Å². The van der Waals surface area contributed by atoms with E-state index in [2.05, 4.69) is 34.9 Å². The number of piperidine rings is 1. The molecule has 2 N–H and O–H groups in total. The van der Waals surface area contributed by atoms with Crippen LogP contribution in [-0.2, 0) is 6.54 Å². The molecule has 2 heterocycles. The summed E-state index contributed by atoms with van der Waals surface area (Å²) in [7, 11) is 4.36. The fourth-order valence-corrected chi connectivity index (χ4v) is 2.68. The van der Waals surface area contributed by atoms with Crippen LogP contribution in [0.1, 0.15) is 18.4 Å². The van der Waals surface area contributed by atoms with Gasteiger partial charge in [-0.3, -0.25) is 4.98 Å². The van der Waals surface area contributed by atoms with E-state index in [4.69, 9.17) is 5.73 Å². The number of nitrogens with zero attached hydrogens (tertiary/aromatic N) is 3. The van der Waals surface area contributed by atoms with Crippen molar-refractivity contribution in [2.75, 3.05) is 38.6 Å². The van der Waals surface area contributed by atoms with E-state index in [-0.39, 0.29) is 0 Å². The van der Waals surface area contributed by atoms with Crippen molar-refractivity contribution < 1.29 is 0 Å². The first-order valence-electron chi connectivity index (χ1n) is 6.73. The summed E-state index contributed by atoms with van der Waals surface area (Å²) in [6, 6.07) is 2.07. The maximum absolute atomic E-state index is 5.77. The van der Waals surface area contributed by atoms with Crippen LogP contribution < -0.4 is 10.6 Å². The van der Waals surface area contributed by atoms with E-state index in [1.807, 2.05) is 12.4 Å². The van der Waals surface area contributed by atoms with Crippen molar-refractivity contribution in [3.05, 3.63) is 24.0 Å². The number of hydrogen-bond donors (Lipinski definition) is 1. The van der Waals surface area contributed by atoms with Gasteiger partial charge in [0, 0.05) is 43.8 Å². The average molecular weight is 248 g/mol. The molecule has 0 atom stereocenters. The Morgan fingerprint density at radius 1 is 1.44 bits per heavy atom. The van der Waals surface area contributed by atoms with Crippen molar-refractivity contribution in [2.24, 2.45) is 11.7 Å². The zero-order valence-corrected chi connectivity index (χ0v) is 11.5. The Morgan fingerprint density at radius 3 is 2.83 bits per heavy atom. The van der Waals surface area contributed by atoms with E-state index < -0.39 is 0 Å². The zero-order valence-electron chi connectivity index (χ0n) is 11.5. The van der Waals surface area contributed by atoms with E-state index in [0.29, 0.717) is 6.54 Å². The summed E-state index contributed by atoms with van der Waals surface area (Å²) in [5, 5.41) is 0. The van der Waals surface area contributed by atoms with E-state index in [0.717, 1.165) is 18.0 Å². The first-order valence-corrected chi connectivity index (χ1v) is 6.73. The monoisotopic (exact) mass is 248 g/mol. The van der Waals surface area contributed by atoms with E-state index in [1.165, 1.54) is 31.6 Å². The second-order valence-corrected chi connectivity index (χ2v) is 5.34. The minimum Gasteiger partial charge on any atom is -0.374 e. The number of anilines is 1. The predicted octanol–water partition coefficient (Wildman–Crippen LogP) is 1.32. The number of rotatable bonds is 4. The van der Waals surface area contributed by atoms with Gasteiger partial charge in [0.1, 0.15) is 0 Å². The van der Waals surface area contributed by atoms with Crippen molar-refractivity contribution in [2.45, 2.75) is 19.4 Å². The van der Waals surface area contributed by atoms with Crippen molar-refractivity contribution in [3.63, 3.8) is 0 Å². The van der Waals surface area contributed by atoms with Crippen LogP contribution in [0.15, 0.2) is 18.5 Å². The lowest BCUT2D eigenvalue weighted by Gasteiger charge is -2.33. The number of nitrogens with two attached hydrogens (primary N) is 1. The van der Waals surface area contributed by atoms with Gasteiger partial charge in [0.05, 0.1) is 0 Å². The van der Waals surface area contributed by atoms with E-state index >= 15 is 0 Å². The van der Waals surface area contributed by atoms with Crippen LogP contribution in [0.3, 0.4) is 0 Å². The molecule has 0 aromatic carbocycles. The van der Waals surface area contributed by atoms with Crippen LogP contribution in [0.2, 0.25) is 0 Å². The van der Waals surface area contributed by atoms with Crippen molar-refractivity contribution in [1.82, 2.24) is 9.88 Å². The normalized spacial score (nSPS) is 17.9. The molecule has 100 valence electrons. The highest BCUT2D eigenvalue weighted by Crippen LogP contribution is 2.22. The largest absolute Gasteiger partial charge is 0.374 e. The number of aromatic nitrogens is 1. The van der Waals surface area contributed by atoms with Crippen LogP contribution in [0.4, 0.5) is 5.69 Å². The topological polar surface area (TPSA) is 45.4 Å². The molecule has 2 rings (SSSR count). The highest BCUT2D eigenvalue weighted by molar-refractivity contribution is 5.51. The highest BCUT2D eigenvalue weighted by atomic mass is 15.1. The smallest absolute Gasteiger partial charge is 0.0440 e. The maximum atomic E-state index is 5.77. The summed E-state index contributed by atoms with van der Waals surface area (Å²) in [6.07, 6.45) is 6.31. The average Bonchev–Trinajstić information content (AvgIpc) is 2.41. The zero-order chi connectivity index (χ0) is 13.0. The van der Waals surface area contributed by atoms with Crippen LogP contribution in [0.5, 0.6) is 0 Å². The molecule has 4 nitrogen and oxygen atoms in total. The Bertz CT molecular complexity index is 372. The Morgan fingerprint density at radius 2 is 2.17 bits per heavy atom. The van der Waals surface area contributed by atoms with Gasteiger partial charge < -0.3 is 15.5 Å². The summed E-state index contributed by atoms with van der Waals surface area (Å²) in [5.74, 6) is 0.796. The fraction of sp³-hybridized carbons (Fsp3) is 0.643. The summed E-state index contributed by atoms with van der Waals surface area (Å²) >= 11 is 0. The maximum Gasteiger partial charge on any atom is 0.0440 e. The molecule has 0 amide bonds. The Labute approximate surface area is 110 Å². The summed E-state index contributed by atoms with van der Waals surface area (Å²) in [4.78, 5) is 8.89. The lowest BCUT2D eigenvalue weighted by Crippen LogP contribution is -2.36. The van der Waals surface area contributed by atoms with Gasteiger partial charge >= 0.3 is 0 Å². The highest BCUT2D eigenvalue weighted by Gasteiger charge is 2.19. The van der Waals surface area contributed by atoms with Gasteiger partial charge in [-0.15, -0.1) is 0 Å². The first-order chi connectivity index (χ1) is 8.70. The molecule has 18 heavy (non-hydrogen) atoms. The lowest BCUT2D eigenvalue weighted by atomic mass is 9.96. The molecule has 0 aliphatic carbocycles. The summed E-state index contributed by atoms with van der Waals surface area (Å²) in [5.41, 5.74) is 8.13. The number of likely N-dealkylation sites (tertiary alicyclic amines) is 1. The Balaban J connectivity index is 1.96. The third kappa shape index (κ3) is 3.21. The SMILES string of the molecule is CN1CCC(CN(C)c2ccncc2CN)CC1. The third-order valence-electron chi connectivity index (χ3n) is 3.88. The summed E-state index contributed by atoms with van der Waals surface area (Å²) < 4.78 is 0. The van der Waals surface area contributed by atoms with E-state index in [1.54, 1.807) is 0 Å². The molecule has 1 aliphatic heterocycles. The Hall–Kier alpha value is -1.13. The second-order valence-electron chi connectivity index (χ2n) is 5.34. The van der Waals surface area contributed by atoms with Crippen LogP contribution in [-0.4, -0.2) is 43.6 Å². The molecule has 4 heteroatoms. The number of pyridine rings is 1. The van der Waals surface area contributed by atoms with Gasteiger partial charge in [0.15, 0.2) is 0 Å². The molecule has 1 aromatic rings. The third-order valence-corrected chi connectivity index (χ3v) is 3.88. The summed E-state index contributed by atoms with van der Waals surface area (Å²) in [6.45, 7) is 4.11. The molecule has 1 aliphatic rings. The van der Waals surface area contributed by atoms with Crippen LogP contribution in [0, 0.1) is 5.92 Å². The van der Waals surface area contributed by atoms with Crippen molar-refractivity contribution >= 4 is 5.69 Å². The Kier molecular flexibility index (Phi) is 4.55. The first kappa shape index (κ1) is 13.3. The molecule has 1 fully saturated rings. The molecule has 0 spiro atoms.